The molecule has 0 unspecified atom stereocenters. The van der Waals surface area contributed by atoms with Crippen molar-refractivity contribution in [3.05, 3.63) is 33.8 Å². The van der Waals surface area contributed by atoms with E-state index in [2.05, 4.69) is 29.1 Å². The molecule has 2 aromatic rings. The molecule has 0 radical (unpaired) electrons. The molecule has 0 saturated carbocycles. The maximum Gasteiger partial charge on any atom is 0.193 e. The highest BCUT2D eigenvalue weighted by atomic mass is 32.1. The number of aryl methyl sites for hydroxylation is 2. The lowest BCUT2D eigenvalue weighted by molar-refractivity contribution is 0.355. The first-order valence-corrected chi connectivity index (χ1v) is 8.63. The highest BCUT2D eigenvalue weighted by molar-refractivity contribution is 7.11. The number of rotatable bonds is 7. The molecule has 0 aliphatic carbocycles. The van der Waals surface area contributed by atoms with Crippen molar-refractivity contribution in [1.82, 2.24) is 4.98 Å². The van der Waals surface area contributed by atoms with Crippen LogP contribution in [0.1, 0.15) is 22.5 Å². The molecule has 0 atom stereocenters. The van der Waals surface area contributed by atoms with Gasteiger partial charge in [-0.3, -0.25) is 4.99 Å². The molecule has 1 heterocycles. The second kappa shape index (κ2) is 8.54. The zero-order valence-corrected chi connectivity index (χ0v) is 15.4. The molecule has 3 N–H and O–H groups in total. The number of anilines is 1. The lowest BCUT2D eigenvalue weighted by Crippen LogP contribution is -2.23. The Morgan fingerprint density at radius 2 is 2.04 bits per heavy atom. The fourth-order valence-corrected chi connectivity index (χ4v) is 3.31. The van der Waals surface area contributed by atoms with Crippen molar-refractivity contribution in [2.45, 2.75) is 26.7 Å². The van der Waals surface area contributed by atoms with Crippen LogP contribution in [0.25, 0.3) is 0 Å². The Morgan fingerprint density at radius 1 is 1.29 bits per heavy atom. The van der Waals surface area contributed by atoms with E-state index >= 15 is 0 Å². The van der Waals surface area contributed by atoms with Gasteiger partial charge in [-0.2, -0.15) is 0 Å². The molecule has 0 saturated heterocycles. The van der Waals surface area contributed by atoms with Crippen molar-refractivity contribution < 1.29 is 9.47 Å². The lowest BCUT2D eigenvalue weighted by Gasteiger charge is -2.10. The van der Waals surface area contributed by atoms with Gasteiger partial charge in [0.25, 0.3) is 0 Å². The van der Waals surface area contributed by atoms with Crippen LogP contribution in [0.4, 0.5) is 5.69 Å². The number of guanidine groups is 1. The highest BCUT2D eigenvalue weighted by Gasteiger charge is 2.06. The van der Waals surface area contributed by atoms with Crippen LogP contribution in [0.2, 0.25) is 0 Å². The minimum atomic E-state index is 0.367. The summed E-state index contributed by atoms with van der Waals surface area (Å²) in [5.74, 6) is 1.68. The monoisotopic (exact) mass is 348 g/mol. The number of aliphatic imine (C=N–C) groups is 1. The van der Waals surface area contributed by atoms with E-state index in [0.717, 1.165) is 23.5 Å². The molecule has 0 amide bonds. The number of methoxy groups -OCH3 is 2. The van der Waals surface area contributed by atoms with Gasteiger partial charge >= 0.3 is 0 Å². The normalized spacial score (nSPS) is 11.4. The molecule has 6 nitrogen and oxygen atoms in total. The average molecular weight is 348 g/mol. The van der Waals surface area contributed by atoms with Gasteiger partial charge in [0.15, 0.2) is 17.5 Å². The van der Waals surface area contributed by atoms with Gasteiger partial charge < -0.3 is 20.5 Å². The summed E-state index contributed by atoms with van der Waals surface area (Å²) in [5, 5.41) is 4.16. The minimum absolute atomic E-state index is 0.367. The van der Waals surface area contributed by atoms with E-state index in [1.807, 2.05) is 18.2 Å². The van der Waals surface area contributed by atoms with E-state index in [0.29, 0.717) is 24.0 Å². The van der Waals surface area contributed by atoms with Gasteiger partial charge in [-0.15, -0.1) is 11.3 Å². The van der Waals surface area contributed by atoms with Gasteiger partial charge in [-0.05, 0) is 25.5 Å². The Bertz CT molecular complexity index is 713. The number of nitrogens with one attached hydrogen (secondary N) is 1. The first-order chi connectivity index (χ1) is 11.6. The smallest absolute Gasteiger partial charge is 0.193 e. The molecule has 0 aliphatic heterocycles. The summed E-state index contributed by atoms with van der Waals surface area (Å²) in [6.07, 6.45) is 1.76. The number of ether oxygens (including phenoxy) is 2. The van der Waals surface area contributed by atoms with Crippen LogP contribution in [-0.4, -0.2) is 31.7 Å². The number of nitrogens with two attached hydrogens (primary N) is 1. The number of benzene rings is 1. The molecular formula is C17H24N4O2S. The first kappa shape index (κ1) is 18.1. The second-order valence-electron chi connectivity index (χ2n) is 5.18. The maximum atomic E-state index is 5.94. The highest BCUT2D eigenvalue weighted by Crippen LogP contribution is 2.29. The summed E-state index contributed by atoms with van der Waals surface area (Å²) >= 11 is 1.73. The Balaban J connectivity index is 1.93. The summed E-state index contributed by atoms with van der Waals surface area (Å²) in [4.78, 5) is 10.2. The van der Waals surface area contributed by atoms with Crippen molar-refractivity contribution in [1.29, 1.82) is 0 Å². The number of hydrogen-bond acceptors (Lipinski definition) is 5. The zero-order valence-electron chi connectivity index (χ0n) is 14.5. The van der Waals surface area contributed by atoms with Crippen LogP contribution < -0.4 is 20.5 Å². The van der Waals surface area contributed by atoms with E-state index in [-0.39, 0.29) is 0 Å². The molecule has 0 aliphatic rings. The Morgan fingerprint density at radius 3 is 2.67 bits per heavy atom. The Labute approximate surface area is 146 Å². The van der Waals surface area contributed by atoms with E-state index in [9.17, 15) is 0 Å². The van der Waals surface area contributed by atoms with E-state index in [4.69, 9.17) is 15.2 Å². The van der Waals surface area contributed by atoms with Crippen LogP contribution in [0.15, 0.2) is 23.2 Å². The molecule has 1 aromatic heterocycles. The first-order valence-electron chi connectivity index (χ1n) is 7.81. The zero-order chi connectivity index (χ0) is 17.5. The summed E-state index contributed by atoms with van der Waals surface area (Å²) in [6.45, 7) is 4.83. The fourth-order valence-electron chi connectivity index (χ4n) is 2.30. The quantitative estimate of drug-likeness (QED) is 0.594. The van der Waals surface area contributed by atoms with E-state index < -0.39 is 0 Å². The maximum absolute atomic E-state index is 5.94. The van der Waals surface area contributed by atoms with Gasteiger partial charge in [0.2, 0.25) is 0 Å². The van der Waals surface area contributed by atoms with Gasteiger partial charge in [-0.25, -0.2) is 4.98 Å². The number of nitrogens with zero attached hydrogens (tertiary/aromatic N) is 2. The molecule has 2 rings (SSSR count). The predicted molar refractivity (Wildman–Crippen MR) is 99.6 cm³/mol. The topological polar surface area (TPSA) is 81.8 Å². The Hall–Kier alpha value is -2.28. The number of aromatic nitrogens is 1. The van der Waals surface area contributed by atoms with Crippen molar-refractivity contribution in [3.8, 4) is 11.5 Å². The number of thiazole rings is 1. The molecule has 0 bridgehead atoms. The van der Waals surface area contributed by atoms with Crippen LogP contribution in [0, 0.1) is 6.92 Å². The molecular weight excluding hydrogens is 324 g/mol. The molecule has 0 fully saturated rings. The van der Waals surface area contributed by atoms with E-state index in [1.54, 1.807) is 25.6 Å². The van der Waals surface area contributed by atoms with Crippen LogP contribution >= 0.6 is 11.3 Å². The second-order valence-corrected chi connectivity index (χ2v) is 6.46. The lowest BCUT2D eigenvalue weighted by atomic mass is 10.3. The van der Waals surface area contributed by atoms with E-state index in [1.165, 1.54) is 10.6 Å². The Kier molecular flexibility index (Phi) is 6.43. The largest absolute Gasteiger partial charge is 0.493 e. The van der Waals surface area contributed by atoms with Crippen molar-refractivity contribution in [3.63, 3.8) is 0 Å². The van der Waals surface area contributed by atoms with Gasteiger partial charge in [0.05, 0.1) is 24.9 Å². The predicted octanol–water partition coefficient (Wildman–Crippen LogP) is 3.00. The third kappa shape index (κ3) is 4.61. The summed E-state index contributed by atoms with van der Waals surface area (Å²) in [5.41, 5.74) is 7.92. The third-order valence-electron chi connectivity index (χ3n) is 3.54. The fraction of sp³-hybridized carbons (Fsp3) is 0.412. The van der Waals surface area contributed by atoms with Crippen LogP contribution in [0.3, 0.4) is 0 Å². The molecule has 7 heteroatoms. The SMILES string of the molecule is CCc1nc(CCN=C(N)Nc2ccc(OC)c(OC)c2)sc1C. The van der Waals surface area contributed by atoms with Crippen LogP contribution in [0.5, 0.6) is 11.5 Å². The number of hydrogen-bond donors (Lipinski definition) is 2. The third-order valence-corrected chi connectivity index (χ3v) is 4.61. The summed E-state index contributed by atoms with van der Waals surface area (Å²) in [7, 11) is 3.20. The summed E-state index contributed by atoms with van der Waals surface area (Å²) < 4.78 is 10.5. The van der Waals surface area contributed by atoms with Crippen molar-refractivity contribution in [2.75, 3.05) is 26.1 Å². The van der Waals surface area contributed by atoms with Crippen molar-refractivity contribution in [2.24, 2.45) is 10.7 Å². The summed E-state index contributed by atoms with van der Waals surface area (Å²) in [6, 6.07) is 5.50. The van der Waals surface area contributed by atoms with Gasteiger partial charge in [0.1, 0.15) is 0 Å². The molecule has 1 aromatic carbocycles. The molecule has 24 heavy (non-hydrogen) atoms. The van der Waals surface area contributed by atoms with Gasteiger partial charge in [0, 0.05) is 29.6 Å². The van der Waals surface area contributed by atoms with Gasteiger partial charge in [-0.1, -0.05) is 6.92 Å². The molecule has 0 spiro atoms. The van der Waals surface area contributed by atoms with Crippen LogP contribution in [-0.2, 0) is 12.8 Å². The average Bonchev–Trinajstić information content (AvgIpc) is 2.94. The molecule has 130 valence electrons. The van der Waals surface area contributed by atoms with Crippen molar-refractivity contribution >= 4 is 23.0 Å². The standard InChI is InChI=1S/C17H24N4O2S/c1-5-13-11(2)24-16(21-13)8-9-19-17(18)20-12-6-7-14(22-3)15(10-12)23-4/h6-7,10H,5,8-9H2,1-4H3,(H3,18,19,20). The minimum Gasteiger partial charge on any atom is -0.493 e.